The second kappa shape index (κ2) is 7.56. The molecule has 0 spiro atoms. The minimum Gasteiger partial charge on any atom is -0.312 e. The SMILES string of the molecule is CC(C)CNCc1sc(C2CCCCC2)nc1C(C)C. The molecule has 1 N–H and O–H groups in total. The quantitative estimate of drug-likeness (QED) is 0.793. The molecule has 20 heavy (non-hydrogen) atoms. The smallest absolute Gasteiger partial charge is 0.0962 e. The van der Waals surface area contributed by atoms with Gasteiger partial charge in [-0.25, -0.2) is 4.98 Å². The Morgan fingerprint density at radius 1 is 1.15 bits per heavy atom. The molecule has 0 unspecified atom stereocenters. The summed E-state index contributed by atoms with van der Waals surface area (Å²) in [4.78, 5) is 6.48. The number of thiazole rings is 1. The third kappa shape index (κ3) is 4.29. The van der Waals surface area contributed by atoms with Gasteiger partial charge in [0, 0.05) is 17.3 Å². The van der Waals surface area contributed by atoms with Crippen molar-refractivity contribution in [2.24, 2.45) is 5.92 Å². The van der Waals surface area contributed by atoms with Crippen molar-refractivity contribution in [3.05, 3.63) is 15.6 Å². The van der Waals surface area contributed by atoms with Gasteiger partial charge in [0.05, 0.1) is 10.7 Å². The molecule has 1 heterocycles. The summed E-state index contributed by atoms with van der Waals surface area (Å²) >= 11 is 1.97. The maximum absolute atomic E-state index is 5.01. The Kier molecular flexibility index (Phi) is 6.03. The lowest BCUT2D eigenvalue weighted by atomic mass is 9.90. The monoisotopic (exact) mass is 294 g/mol. The molecule has 1 aliphatic carbocycles. The summed E-state index contributed by atoms with van der Waals surface area (Å²) in [5.74, 6) is 1.99. The van der Waals surface area contributed by atoms with Gasteiger partial charge in [-0.1, -0.05) is 47.0 Å². The summed E-state index contributed by atoms with van der Waals surface area (Å²) in [6.07, 6.45) is 6.90. The van der Waals surface area contributed by atoms with E-state index in [0.717, 1.165) is 19.0 Å². The fraction of sp³-hybridized carbons (Fsp3) is 0.824. The molecule has 0 saturated heterocycles. The Bertz CT molecular complexity index is 403. The molecule has 0 bridgehead atoms. The third-order valence-corrected chi connectivity index (χ3v) is 5.32. The van der Waals surface area contributed by atoms with Gasteiger partial charge >= 0.3 is 0 Å². The first-order valence-electron chi connectivity index (χ1n) is 8.28. The Morgan fingerprint density at radius 3 is 2.45 bits per heavy atom. The Hall–Kier alpha value is -0.410. The first-order valence-corrected chi connectivity index (χ1v) is 9.09. The van der Waals surface area contributed by atoms with Crippen LogP contribution in [0, 0.1) is 5.92 Å². The number of aromatic nitrogens is 1. The van der Waals surface area contributed by atoms with E-state index in [1.807, 2.05) is 11.3 Å². The van der Waals surface area contributed by atoms with Crippen LogP contribution in [-0.4, -0.2) is 11.5 Å². The van der Waals surface area contributed by atoms with Crippen molar-refractivity contribution in [1.82, 2.24) is 10.3 Å². The van der Waals surface area contributed by atoms with Gasteiger partial charge in [-0.3, -0.25) is 0 Å². The summed E-state index contributed by atoms with van der Waals surface area (Å²) in [5, 5.41) is 4.99. The van der Waals surface area contributed by atoms with Gasteiger partial charge in [-0.2, -0.15) is 0 Å². The fourth-order valence-electron chi connectivity index (χ4n) is 2.96. The average Bonchev–Trinajstić information content (AvgIpc) is 2.84. The van der Waals surface area contributed by atoms with Crippen LogP contribution in [-0.2, 0) is 6.54 Å². The molecule has 114 valence electrons. The molecule has 0 aromatic carbocycles. The molecule has 0 radical (unpaired) electrons. The summed E-state index contributed by atoms with van der Waals surface area (Å²) in [7, 11) is 0. The number of rotatable bonds is 6. The van der Waals surface area contributed by atoms with E-state index in [1.54, 1.807) is 0 Å². The minimum absolute atomic E-state index is 0.541. The first kappa shape index (κ1) is 16.0. The number of nitrogens with one attached hydrogen (secondary N) is 1. The predicted molar refractivity (Wildman–Crippen MR) is 88.6 cm³/mol. The van der Waals surface area contributed by atoms with E-state index < -0.39 is 0 Å². The molecule has 1 aliphatic rings. The van der Waals surface area contributed by atoms with Crippen LogP contribution in [0.15, 0.2) is 0 Å². The largest absolute Gasteiger partial charge is 0.312 e. The van der Waals surface area contributed by atoms with E-state index in [0.29, 0.717) is 11.8 Å². The predicted octanol–water partition coefficient (Wildman–Crippen LogP) is 5.06. The number of hydrogen-bond acceptors (Lipinski definition) is 3. The first-order chi connectivity index (χ1) is 9.58. The van der Waals surface area contributed by atoms with Crippen LogP contribution in [0.5, 0.6) is 0 Å². The van der Waals surface area contributed by atoms with Crippen molar-refractivity contribution < 1.29 is 0 Å². The average molecular weight is 295 g/mol. The molecule has 1 saturated carbocycles. The van der Waals surface area contributed by atoms with Crippen LogP contribution in [0.2, 0.25) is 0 Å². The molecule has 2 rings (SSSR count). The van der Waals surface area contributed by atoms with Gasteiger partial charge in [-0.05, 0) is 31.2 Å². The second-order valence-electron chi connectivity index (χ2n) is 6.87. The topological polar surface area (TPSA) is 24.9 Å². The summed E-state index contributed by atoms with van der Waals surface area (Å²) < 4.78 is 0. The van der Waals surface area contributed by atoms with E-state index in [1.165, 1.54) is 47.7 Å². The van der Waals surface area contributed by atoms with Crippen molar-refractivity contribution in [2.45, 2.75) is 78.2 Å². The highest BCUT2D eigenvalue weighted by molar-refractivity contribution is 7.11. The van der Waals surface area contributed by atoms with Crippen LogP contribution < -0.4 is 5.32 Å². The molecule has 0 aliphatic heterocycles. The van der Waals surface area contributed by atoms with Gasteiger partial charge < -0.3 is 5.32 Å². The van der Waals surface area contributed by atoms with E-state index in [9.17, 15) is 0 Å². The molecular weight excluding hydrogens is 264 g/mol. The van der Waals surface area contributed by atoms with Crippen molar-refractivity contribution in [3.8, 4) is 0 Å². The zero-order chi connectivity index (χ0) is 14.5. The van der Waals surface area contributed by atoms with Crippen molar-refractivity contribution >= 4 is 11.3 Å². The van der Waals surface area contributed by atoms with Crippen LogP contribution >= 0.6 is 11.3 Å². The molecule has 0 amide bonds. The molecule has 3 heteroatoms. The standard InChI is InChI=1S/C17H30N2S/c1-12(2)10-18-11-15-16(13(3)4)19-17(20-15)14-8-6-5-7-9-14/h12-14,18H,5-11H2,1-4H3. The zero-order valence-electron chi connectivity index (χ0n) is 13.5. The van der Waals surface area contributed by atoms with Gasteiger partial charge in [0.15, 0.2) is 0 Å². The fourth-order valence-corrected chi connectivity index (χ4v) is 4.32. The molecule has 1 aromatic rings. The number of hydrogen-bond donors (Lipinski definition) is 1. The summed E-state index contributed by atoms with van der Waals surface area (Å²) in [5.41, 5.74) is 1.34. The lowest BCUT2D eigenvalue weighted by Crippen LogP contribution is -2.19. The summed E-state index contributed by atoms with van der Waals surface area (Å²) in [6.45, 7) is 11.1. The zero-order valence-corrected chi connectivity index (χ0v) is 14.4. The van der Waals surface area contributed by atoms with Crippen LogP contribution in [0.3, 0.4) is 0 Å². The van der Waals surface area contributed by atoms with Crippen molar-refractivity contribution in [2.75, 3.05) is 6.54 Å². The van der Waals surface area contributed by atoms with E-state index in [4.69, 9.17) is 4.98 Å². The number of nitrogens with zero attached hydrogens (tertiary/aromatic N) is 1. The lowest BCUT2D eigenvalue weighted by Gasteiger charge is -2.19. The van der Waals surface area contributed by atoms with Crippen LogP contribution in [0.4, 0.5) is 0 Å². The molecule has 0 atom stereocenters. The highest BCUT2D eigenvalue weighted by Crippen LogP contribution is 2.37. The summed E-state index contributed by atoms with van der Waals surface area (Å²) in [6, 6.07) is 0. The van der Waals surface area contributed by atoms with Gasteiger partial charge in [0.1, 0.15) is 0 Å². The van der Waals surface area contributed by atoms with Crippen molar-refractivity contribution in [3.63, 3.8) is 0 Å². The third-order valence-electron chi connectivity index (χ3n) is 4.08. The normalized spacial score (nSPS) is 17.3. The van der Waals surface area contributed by atoms with Gasteiger partial charge in [0.2, 0.25) is 0 Å². The molecule has 1 fully saturated rings. The van der Waals surface area contributed by atoms with Crippen LogP contribution in [0.1, 0.15) is 87.2 Å². The highest BCUT2D eigenvalue weighted by atomic mass is 32.1. The minimum atomic E-state index is 0.541. The molecular formula is C17H30N2S. The Labute approximate surface area is 128 Å². The van der Waals surface area contributed by atoms with Gasteiger partial charge in [0.25, 0.3) is 0 Å². The highest BCUT2D eigenvalue weighted by Gasteiger charge is 2.22. The van der Waals surface area contributed by atoms with E-state index in [-0.39, 0.29) is 0 Å². The lowest BCUT2D eigenvalue weighted by molar-refractivity contribution is 0.441. The Balaban J connectivity index is 2.06. The maximum atomic E-state index is 5.01. The second-order valence-corrected chi connectivity index (χ2v) is 7.99. The molecule has 2 nitrogen and oxygen atoms in total. The van der Waals surface area contributed by atoms with E-state index >= 15 is 0 Å². The van der Waals surface area contributed by atoms with Gasteiger partial charge in [-0.15, -0.1) is 11.3 Å². The Morgan fingerprint density at radius 2 is 1.85 bits per heavy atom. The van der Waals surface area contributed by atoms with Crippen LogP contribution in [0.25, 0.3) is 0 Å². The van der Waals surface area contributed by atoms with Crippen molar-refractivity contribution in [1.29, 1.82) is 0 Å². The van der Waals surface area contributed by atoms with E-state index in [2.05, 4.69) is 33.0 Å². The maximum Gasteiger partial charge on any atom is 0.0962 e. The molecule has 1 aromatic heterocycles.